The van der Waals surface area contributed by atoms with Gasteiger partial charge in [-0.3, -0.25) is 4.90 Å². The summed E-state index contributed by atoms with van der Waals surface area (Å²) in [6.07, 6.45) is -4.32. The maximum atomic E-state index is 12.6. The molecule has 2 aromatic heterocycles. The van der Waals surface area contributed by atoms with Crippen LogP contribution in [0.1, 0.15) is 30.0 Å². The molecule has 3 aromatic rings. The van der Waals surface area contributed by atoms with E-state index in [0.717, 1.165) is 22.6 Å². The van der Waals surface area contributed by atoms with Crippen molar-refractivity contribution in [2.45, 2.75) is 25.7 Å². The normalized spacial score (nSPS) is 13.4. The lowest BCUT2D eigenvalue weighted by Crippen LogP contribution is -2.22. The van der Waals surface area contributed by atoms with E-state index >= 15 is 0 Å². The lowest BCUT2D eigenvalue weighted by Gasteiger charge is -2.22. The van der Waals surface area contributed by atoms with Gasteiger partial charge < -0.3 is 4.42 Å². The number of alkyl halides is 3. The highest BCUT2D eigenvalue weighted by Gasteiger charge is 2.30. The first-order chi connectivity index (χ1) is 11.8. The largest absolute Gasteiger partial charge is 0.418 e. The van der Waals surface area contributed by atoms with Crippen LogP contribution in [0.25, 0.3) is 10.8 Å². The van der Waals surface area contributed by atoms with Crippen molar-refractivity contribution < 1.29 is 17.6 Å². The summed E-state index contributed by atoms with van der Waals surface area (Å²) >= 11 is 1.51. The van der Waals surface area contributed by atoms with Gasteiger partial charge in [0.15, 0.2) is 0 Å². The molecule has 1 unspecified atom stereocenters. The molecule has 0 saturated heterocycles. The lowest BCUT2D eigenvalue weighted by atomic mass is 10.1. The number of aromatic nitrogens is 2. The maximum absolute atomic E-state index is 12.6. The zero-order chi connectivity index (χ0) is 18.0. The molecule has 0 aliphatic carbocycles. The van der Waals surface area contributed by atoms with Crippen LogP contribution in [0.5, 0.6) is 0 Å². The lowest BCUT2D eigenvalue weighted by molar-refractivity contribution is -0.137. The Hall–Kier alpha value is -2.19. The molecule has 8 heteroatoms. The molecular weight excluding hydrogens is 351 g/mol. The van der Waals surface area contributed by atoms with Gasteiger partial charge in [0.1, 0.15) is 0 Å². The maximum Gasteiger partial charge on any atom is 0.416 e. The Kier molecular flexibility index (Phi) is 4.91. The first-order valence-electron chi connectivity index (χ1n) is 7.58. The Bertz CT molecular complexity index is 813. The third-order valence-electron chi connectivity index (χ3n) is 3.90. The molecule has 0 spiro atoms. The van der Waals surface area contributed by atoms with Gasteiger partial charge in [0.05, 0.1) is 16.5 Å². The molecule has 0 aliphatic rings. The highest BCUT2D eigenvalue weighted by Crippen LogP contribution is 2.30. The van der Waals surface area contributed by atoms with Crippen LogP contribution < -0.4 is 0 Å². The van der Waals surface area contributed by atoms with Gasteiger partial charge in [0.25, 0.3) is 5.89 Å². The van der Waals surface area contributed by atoms with Crippen LogP contribution in [0.3, 0.4) is 0 Å². The van der Waals surface area contributed by atoms with Crippen molar-refractivity contribution in [2.75, 3.05) is 7.05 Å². The van der Waals surface area contributed by atoms with Crippen molar-refractivity contribution in [3.05, 3.63) is 58.8 Å². The minimum atomic E-state index is -4.32. The van der Waals surface area contributed by atoms with Crippen LogP contribution in [0.2, 0.25) is 0 Å². The summed E-state index contributed by atoms with van der Waals surface area (Å²) in [5.41, 5.74) is 0.129. The summed E-state index contributed by atoms with van der Waals surface area (Å²) in [6.45, 7) is 2.38. The minimum absolute atomic E-state index is 0.163. The number of thiophene rings is 1. The molecule has 0 amide bonds. The van der Waals surface area contributed by atoms with Gasteiger partial charge in [-0.25, -0.2) is 0 Å². The highest BCUT2D eigenvalue weighted by molar-refractivity contribution is 7.13. The van der Waals surface area contributed by atoms with E-state index in [9.17, 15) is 13.2 Å². The van der Waals surface area contributed by atoms with Crippen LogP contribution in [-0.4, -0.2) is 22.1 Å². The molecule has 1 aromatic carbocycles. The molecule has 2 heterocycles. The summed E-state index contributed by atoms with van der Waals surface area (Å²) in [6, 6.07) is 8.80. The number of rotatable bonds is 5. The van der Waals surface area contributed by atoms with Crippen LogP contribution >= 0.6 is 11.3 Å². The molecule has 1 atom stereocenters. The predicted molar refractivity (Wildman–Crippen MR) is 88.9 cm³/mol. The van der Waals surface area contributed by atoms with Gasteiger partial charge in [0.2, 0.25) is 5.89 Å². The van der Waals surface area contributed by atoms with E-state index in [4.69, 9.17) is 4.42 Å². The average molecular weight is 367 g/mol. The number of hydrogen-bond acceptors (Lipinski definition) is 5. The van der Waals surface area contributed by atoms with Crippen molar-refractivity contribution in [1.29, 1.82) is 0 Å². The summed E-state index contributed by atoms with van der Waals surface area (Å²) in [7, 11) is 1.86. The van der Waals surface area contributed by atoms with E-state index < -0.39 is 11.7 Å². The second kappa shape index (κ2) is 6.97. The second-order valence-electron chi connectivity index (χ2n) is 5.71. The molecule has 132 valence electrons. The van der Waals surface area contributed by atoms with Gasteiger partial charge in [-0.15, -0.1) is 21.5 Å². The summed E-state index contributed by atoms with van der Waals surface area (Å²) in [5.74, 6) is 0.942. The Balaban J connectivity index is 1.67. The standard InChI is InChI=1S/C17H16F3N3OS/c1-11(15-21-22-16(24-15)14-4-3-9-25-14)23(2)10-12-5-7-13(8-6-12)17(18,19)20/h3-9,11H,10H2,1-2H3. The molecule has 0 saturated carbocycles. The first-order valence-corrected chi connectivity index (χ1v) is 8.46. The number of nitrogens with zero attached hydrogens (tertiary/aromatic N) is 3. The first kappa shape index (κ1) is 17.6. The quantitative estimate of drug-likeness (QED) is 0.636. The highest BCUT2D eigenvalue weighted by atomic mass is 32.1. The Morgan fingerprint density at radius 3 is 2.48 bits per heavy atom. The van der Waals surface area contributed by atoms with Crippen LogP contribution in [-0.2, 0) is 12.7 Å². The van der Waals surface area contributed by atoms with E-state index in [-0.39, 0.29) is 6.04 Å². The van der Waals surface area contributed by atoms with E-state index in [2.05, 4.69) is 10.2 Å². The number of benzene rings is 1. The molecular formula is C17H16F3N3OS. The van der Waals surface area contributed by atoms with Crippen molar-refractivity contribution in [3.8, 4) is 10.8 Å². The van der Waals surface area contributed by atoms with Crippen molar-refractivity contribution in [3.63, 3.8) is 0 Å². The van der Waals surface area contributed by atoms with E-state index in [1.165, 1.54) is 23.5 Å². The third-order valence-corrected chi connectivity index (χ3v) is 4.76. The Morgan fingerprint density at radius 1 is 1.16 bits per heavy atom. The van der Waals surface area contributed by atoms with Crippen LogP contribution in [0.4, 0.5) is 13.2 Å². The third kappa shape index (κ3) is 4.08. The summed E-state index contributed by atoms with van der Waals surface area (Å²) in [5, 5.41) is 10.1. The smallest absolute Gasteiger partial charge is 0.416 e. The fourth-order valence-electron chi connectivity index (χ4n) is 2.32. The molecule has 4 nitrogen and oxygen atoms in total. The number of hydrogen-bond donors (Lipinski definition) is 0. The molecule has 0 fully saturated rings. The fourth-order valence-corrected chi connectivity index (χ4v) is 2.96. The van der Waals surface area contributed by atoms with Crippen LogP contribution in [0, 0.1) is 0 Å². The minimum Gasteiger partial charge on any atom is -0.418 e. The number of halogens is 3. The molecule has 0 N–H and O–H groups in total. The molecule has 0 bridgehead atoms. The predicted octanol–water partition coefficient (Wildman–Crippen LogP) is 5.01. The topological polar surface area (TPSA) is 42.2 Å². The van der Waals surface area contributed by atoms with Crippen molar-refractivity contribution >= 4 is 11.3 Å². The molecule has 25 heavy (non-hydrogen) atoms. The van der Waals surface area contributed by atoms with Gasteiger partial charge >= 0.3 is 6.18 Å². The zero-order valence-corrected chi connectivity index (χ0v) is 14.4. The second-order valence-corrected chi connectivity index (χ2v) is 6.66. The zero-order valence-electron chi connectivity index (χ0n) is 13.6. The monoisotopic (exact) mass is 367 g/mol. The van der Waals surface area contributed by atoms with Gasteiger partial charge in [-0.05, 0) is 43.1 Å². The fraction of sp³-hybridized carbons (Fsp3) is 0.294. The Morgan fingerprint density at radius 2 is 1.88 bits per heavy atom. The molecule has 0 radical (unpaired) electrons. The molecule has 0 aliphatic heterocycles. The summed E-state index contributed by atoms with van der Waals surface area (Å²) in [4.78, 5) is 2.84. The Labute approximate surface area is 146 Å². The van der Waals surface area contributed by atoms with Crippen LogP contribution in [0.15, 0.2) is 46.2 Å². The summed E-state index contributed by atoms with van der Waals surface area (Å²) < 4.78 is 43.6. The van der Waals surface area contributed by atoms with E-state index in [1.807, 2.05) is 36.4 Å². The van der Waals surface area contributed by atoms with Gasteiger partial charge in [-0.1, -0.05) is 18.2 Å². The SMILES string of the molecule is CC(c1nnc(-c2cccs2)o1)N(C)Cc1ccc(C(F)(F)F)cc1. The van der Waals surface area contributed by atoms with Gasteiger partial charge in [-0.2, -0.15) is 13.2 Å². The van der Waals surface area contributed by atoms with E-state index in [0.29, 0.717) is 18.3 Å². The van der Waals surface area contributed by atoms with E-state index in [1.54, 1.807) is 0 Å². The van der Waals surface area contributed by atoms with Crippen molar-refractivity contribution in [1.82, 2.24) is 15.1 Å². The van der Waals surface area contributed by atoms with Crippen molar-refractivity contribution in [2.24, 2.45) is 0 Å². The van der Waals surface area contributed by atoms with Gasteiger partial charge in [0, 0.05) is 6.54 Å². The average Bonchev–Trinajstić information content (AvgIpc) is 3.25. The molecule has 3 rings (SSSR count).